The summed E-state index contributed by atoms with van der Waals surface area (Å²) in [7, 11) is 0. The molecule has 1 aromatic carbocycles. The molecule has 1 atom stereocenters. The lowest BCUT2D eigenvalue weighted by molar-refractivity contribution is -0.121. The van der Waals surface area contributed by atoms with Crippen molar-refractivity contribution >= 4 is 17.4 Å². The van der Waals surface area contributed by atoms with Crippen molar-refractivity contribution in [3.63, 3.8) is 0 Å². The van der Waals surface area contributed by atoms with Crippen LogP contribution in [0, 0.1) is 11.7 Å². The molecule has 17 heavy (non-hydrogen) atoms. The van der Waals surface area contributed by atoms with Gasteiger partial charge in [0.2, 0.25) is 0 Å². The molecule has 0 aliphatic heterocycles. The van der Waals surface area contributed by atoms with Crippen molar-refractivity contribution in [3.05, 3.63) is 34.6 Å². The quantitative estimate of drug-likeness (QED) is 0.882. The van der Waals surface area contributed by atoms with Gasteiger partial charge in [0.15, 0.2) is 0 Å². The molecule has 0 bridgehead atoms. The second-order valence-electron chi connectivity index (χ2n) is 4.57. The Morgan fingerprint density at radius 1 is 1.35 bits per heavy atom. The molecule has 0 amide bonds. The van der Waals surface area contributed by atoms with Crippen molar-refractivity contribution < 1.29 is 9.18 Å². The lowest BCUT2D eigenvalue weighted by Crippen LogP contribution is -2.26. The molecular weight excluding hydrogens is 241 g/mol. The average molecular weight is 256 g/mol. The molecule has 0 radical (unpaired) electrons. The Morgan fingerprint density at radius 2 is 2.00 bits per heavy atom. The molecule has 1 aliphatic carbocycles. The summed E-state index contributed by atoms with van der Waals surface area (Å²) >= 11 is 5.85. The van der Waals surface area contributed by atoms with Gasteiger partial charge in [0.1, 0.15) is 11.6 Å². The van der Waals surface area contributed by atoms with E-state index in [4.69, 9.17) is 17.3 Å². The lowest BCUT2D eigenvalue weighted by atomic mass is 9.81. The van der Waals surface area contributed by atoms with E-state index in [1.807, 2.05) is 0 Å². The first-order chi connectivity index (χ1) is 8.08. The van der Waals surface area contributed by atoms with Crippen LogP contribution >= 0.6 is 11.6 Å². The maximum absolute atomic E-state index is 13.6. The zero-order chi connectivity index (χ0) is 12.4. The minimum atomic E-state index is -0.373. The summed E-state index contributed by atoms with van der Waals surface area (Å²) in [5, 5.41) is 0.490. The highest BCUT2D eigenvalue weighted by Crippen LogP contribution is 2.33. The number of carbonyl (C=O) groups excluding carboxylic acids is 1. The smallest absolute Gasteiger partial charge is 0.132 e. The molecule has 0 saturated heterocycles. The van der Waals surface area contributed by atoms with Gasteiger partial charge < -0.3 is 5.73 Å². The molecule has 0 aromatic heterocycles. The van der Waals surface area contributed by atoms with Gasteiger partial charge >= 0.3 is 0 Å². The minimum absolute atomic E-state index is 0.167. The number of rotatable bonds is 2. The summed E-state index contributed by atoms with van der Waals surface area (Å²) in [6.07, 6.45) is 2.60. The van der Waals surface area contributed by atoms with Gasteiger partial charge in [0.05, 0.1) is 0 Å². The minimum Gasteiger partial charge on any atom is -0.324 e. The summed E-state index contributed by atoms with van der Waals surface area (Å²) in [6.45, 7) is 0. The zero-order valence-electron chi connectivity index (χ0n) is 9.46. The number of carbonyl (C=O) groups is 1. The number of halogens is 2. The summed E-state index contributed by atoms with van der Waals surface area (Å²) in [6, 6.07) is 4.06. The van der Waals surface area contributed by atoms with Crippen molar-refractivity contribution in [2.24, 2.45) is 11.7 Å². The molecule has 0 heterocycles. The summed E-state index contributed by atoms with van der Waals surface area (Å²) in [5.74, 6) is 0.125. The molecule has 1 aromatic rings. The number of nitrogens with two attached hydrogens (primary N) is 1. The number of Topliss-reactive ketones (excluding diaryl/α,β-unsaturated/α-hetero) is 1. The maximum Gasteiger partial charge on any atom is 0.132 e. The highest BCUT2D eigenvalue weighted by atomic mass is 35.5. The fourth-order valence-corrected chi connectivity index (χ4v) is 2.53. The van der Waals surface area contributed by atoms with Crippen LogP contribution in [0.25, 0.3) is 0 Å². The number of hydrogen-bond acceptors (Lipinski definition) is 2. The first kappa shape index (κ1) is 12.5. The van der Waals surface area contributed by atoms with Gasteiger partial charge in [-0.2, -0.15) is 0 Å². The molecule has 1 unspecified atom stereocenters. The Hall–Kier alpha value is -0.930. The Bertz CT molecular complexity index is 425. The third-order valence-electron chi connectivity index (χ3n) is 3.41. The third kappa shape index (κ3) is 2.85. The molecule has 92 valence electrons. The van der Waals surface area contributed by atoms with E-state index < -0.39 is 0 Å². The van der Waals surface area contributed by atoms with Gasteiger partial charge in [0.25, 0.3) is 0 Å². The Labute approximate surface area is 105 Å². The molecule has 4 heteroatoms. The molecular formula is C13H15ClFNO. The van der Waals surface area contributed by atoms with Crippen LogP contribution in [0.5, 0.6) is 0 Å². The van der Waals surface area contributed by atoms with Crippen LogP contribution in [0.3, 0.4) is 0 Å². The van der Waals surface area contributed by atoms with Gasteiger partial charge in [-0.1, -0.05) is 11.6 Å². The lowest BCUT2D eigenvalue weighted by Gasteiger charge is -2.27. The van der Waals surface area contributed by atoms with Crippen molar-refractivity contribution in [3.8, 4) is 0 Å². The van der Waals surface area contributed by atoms with Gasteiger partial charge in [0, 0.05) is 29.5 Å². The van der Waals surface area contributed by atoms with Crippen LogP contribution in [-0.4, -0.2) is 5.78 Å². The fraction of sp³-hybridized carbons (Fsp3) is 0.462. The molecule has 0 spiro atoms. The second-order valence-corrected chi connectivity index (χ2v) is 5.00. The van der Waals surface area contributed by atoms with Crippen LogP contribution in [-0.2, 0) is 4.79 Å². The summed E-state index contributed by atoms with van der Waals surface area (Å²) in [4.78, 5) is 11.2. The van der Waals surface area contributed by atoms with Crippen LogP contribution < -0.4 is 5.73 Å². The highest BCUT2D eigenvalue weighted by Gasteiger charge is 2.26. The van der Waals surface area contributed by atoms with Crippen molar-refractivity contribution in [1.29, 1.82) is 0 Å². The van der Waals surface area contributed by atoms with E-state index in [-0.39, 0.29) is 23.6 Å². The second kappa shape index (κ2) is 5.15. The maximum atomic E-state index is 13.6. The van der Waals surface area contributed by atoms with Gasteiger partial charge in [-0.15, -0.1) is 0 Å². The number of benzene rings is 1. The molecule has 2 rings (SSSR count). The van der Waals surface area contributed by atoms with E-state index in [9.17, 15) is 9.18 Å². The van der Waals surface area contributed by atoms with E-state index in [1.165, 1.54) is 12.1 Å². The first-order valence-corrected chi connectivity index (χ1v) is 6.18. The Balaban J connectivity index is 2.16. The van der Waals surface area contributed by atoms with Gasteiger partial charge in [-0.05, 0) is 37.0 Å². The molecule has 2 nitrogen and oxygen atoms in total. The fourth-order valence-electron chi connectivity index (χ4n) is 2.35. The molecule has 2 N–H and O–H groups in total. The highest BCUT2D eigenvalue weighted by molar-refractivity contribution is 6.30. The zero-order valence-corrected chi connectivity index (χ0v) is 10.2. The molecule has 1 saturated carbocycles. The van der Waals surface area contributed by atoms with Crippen molar-refractivity contribution in [1.82, 2.24) is 0 Å². The largest absolute Gasteiger partial charge is 0.324 e. The van der Waals surface area contributed by atoms with Gasteiger partial charge in [-0.3, -0.25) is 4.79 Å². The van der Waals surface area contributed by atoms with Crippen LogP contribution in [0.1, 0.15) is 37.3 Å². The molecule has 1 fully saturated rings. The van der Waals surface area contributed by atoms with Crippen molar-refractivity contribution in [2.75, 3.05) is 0 Å². The van der Waals surface area contributed by atoms with Gasteiger partial charge in [-0.25, -0.2) is 4.39 Å². The van der Waals surface area contributed by atoms with E-state index in [2.05, 4.69) is 0 Å². The predicted molar refractivity (Wildman–Crippen MR) is 65.3 cm³/mol. The predicted octanol–water partition coefficient (Wildman–Crippen LogP) is 3.24. The Kier molecular flexibility index (Phi) is 3.79. The number of hydrogen-bond donors (Lipinski definition) is 1. The van der Waals surface area contributed by atoms with Crippen LogP contribution in [0.15, 0.2) is 18.2 Å². The van der Waals surface area contributed by atoms with E-state index in [0.717, 1.165) is 12.8 Å². The topological polar surface area (TPSA) is 43.1 Å². The van der Waals surface area contributed by atoms with E-state index in [1.54, 1.807) is 6.07 Å². The van der Waals surface area contributed by atoms with Crippen LogP contribution in [0.4, 0.5) is 4.39 Å². The summed E-state index contributed by atoms with van der Waals surface area (Å²) in [5.41, 5.74) is 6.53. The average Bonchev–Trinajstić information content (AvgIpc) is 2.32. The SMILES string of the molecule is NC(c1cc(Cl)ccc1F)C1CCC(=O)CC1. The van der Waals surface area contributed by atoms with E-state index >= 15 is 0 Å². The monoisotopic (exact) mass is 255 g/mol. The number of ketones is 1. The standard InChI is InChI=1S/C13H15ClFNO/c14-9-3-6-12(15)11(7-9)13(16)8-1-4-10(17)5-2-8/h3,6-8,13H,1-2,4-5,16H2. The third-order valence-corrected chi connectivity index (χ3v) is 3.65. The Morgan fingerprint density at radius 3 is 2.65 bits per heavy atom. The van der Waals surface area contributed by atoms with Crippen LogP contribution in [0.2, 0.25) is 5.02 Å². The van der Waals surface area contributed by atoms with Crippen molar-refractivity contribution in [2.45, 2.75) is 31.7 Å². The summed E-state index contributed by atoms with van der Waals surface area (Å²) < 4.78 is 13.6. The van der Waals surface area contributed by atoms with E-state index in [0.29, 0.717) is 23.4 Å². The first-order valence-electron chi connectivity index (χ1n) is 5.80. The molecule has 1 aliphatic rings. The normalized spacial score (nSPS) is 19.4.